The van der Waals surface area contributed by atoms with Crippen molar-refractivity contribution in [1.82, 2.24) is 5.32 Å². The summed E-state index contributed by atoms with van der Waals surface area (Å²) in [4.78, 5) is 14.6. The largest absolute Gasteiger partial charge is 0.308 e. The highest BCUT2D eigenvalue weighted by molar-refractivity contribution is 5.94. The van der Waals surface area contributed by atoms with E-state index in [1.807, 2.05) is 66.7 Å². The summed E-state index contributed by atoms with van der Waals surface area (Å²) < 4.78 is 13.7. The molecule has 0 aliphatic carbocycles. The number of halogens is 1. The van der Waals surface area contributed by atoms with Gasteiger partial charge in [-0.05, 0) is 42.3 Å². The van der Waals surface area contributed by atoms with Crippen LogP contribution in [0, 0.1) is 5.82 Å². The van der Waals surface area contributed by atoms with Crippen molar-refractivity contribution < 1.29 is 9.18 Å². The predicted molar refractivity (Wildman–Crippen MR) is 107 cm³/mol. The standard InChI is InChI=1S/C23H23FN2O/c24-22-14-8-7-11-20(22)15-16-25-17-23(27)26(21-12-5-2-6-13-21)18-19-9-3-1-4-10-19/h1-14,25H,15-18H2. The maximum atomic E-state index is 13.7. The minimum Gasteiger partial charge on any atom is -0.308 e. The fourth-order valence-corrected chi connectivity index (χ4v) is 2.91. The molecule has 0 fully saturated rings. The van der Waals surface area contributed by atoms with Gasteiger partial charge >= 0.3 is 0 Å². The maximum absolute atomic E-state index is 13.7. The quantitative estimate of drug-likeness (QED) is 0.610. The molecule has 0 aromatic heterocycles. The van der Waals surface area contributed by atoms with Crippen LogP contribution in [0.2, 0.25) is 0 Å². The topological polar surface area (TPSA) is 32.3 Å². The van der Waals surface area contributed by atoms with Crippen LogP contribution in [0.1, 0.15) is 11.1 Å². The molecular formula is C23H23FN2O. The number of carbonyl (C=O) groups excluding carboxylic acids is 1. The molecular weight excluding hydrogens is 339 g/mol. The Morgan fingerprint density at radius 3 is 2.19 bits per heavy atom. The van der Waals surface area contributed by atoms with E-state index in [1.165, 1.54) is 6.07 Å². The first-order valence-corrected chi connectivity index (χ1v) is 9.07. The molecule has 1 amide bonds. The third-order valence-corrected chi connectivity index (χ3v) is 4.36. The highest BCUT2D eigenvalue weighted by Gasteiger charge is 2.15. The van der Waals surface area contributed by atoms with Gasteiger partial charge in [0.1, 0.15) is 5.82 Å². The van der Waals surface area contributed by atoms with E-state index in [9.17, 15) is 9.18 Å². The van der Waals surface area contributed by atoms with Crippen LogP contribution >= 0.6 is 0 Å². The number of amides is 1. The summed E-state index contributed by atoms with van der Waals surface area (Å²) in [5, 5.41) is 3.14. The second-order valence-corrected chi connectivity index (χ2v) is 6.32. The Kier molecular flexibility index (Phi) is 6.72. The zero-order chi connectivity index (χ0) is 18.9. The second kappa shape index (κ2) is 9.64. The summed E-state index contributed by atoms with van der Waals surface area (Å²) in [7, 11) is 0. The molecule has 0 heterocycles. The Balaban J connectivity index is 1.60. The Hall–Kier alpha value is -2.98. The number of para-hydroxylation sites is 1. The minimum atomic E-state index is -0.208. The van der Waals surface area contributed by atoms with E-state index in [0.717, 1.165) is 11.3 Å². The molecule has 3 nitrogen and oxygen atoms in total. The van der Waals surface area contributed by atoms with E-state index >= 15 is 0 Å². The molecule has 3 rings (SSSR count). The van der Waals surface area contributed by atoms with Crippen LogP contribution in [0.25, 0.3) is 0 Å². The molecule has 0 spiro atoms. The number of nitrogens with one attached hydrogen (secondary N) is 1. The summed E-state index contributed by atoms with van der Waals surface area (Å²) in [5.41, 5.74) is 2.59. The van der Waals surface area contributed by atoms with Crippen molar-refractivity contribution in [1.29, 1.82) is 0 Å². The first-order valence-electron chi connectivity index (χ1n) is 9.07. The molecule has 138 valence electrons. The lowest BCUT2D eigenvalue weighted by Crippen LogP contribution is -2.38. The highest BCUT2D eigenvalue weighted by atomic mass is 19.1. The Labute approximate surface area is 159 Å². The molecule has 0 atom stereocenters. The first-order chi connectivity index (χ1) is 13.2. The van der Waals surface area contributed by atoms with Crippen molar-refractivity contribution >= 4 is 11.6 Å². The Bertz CT molecular complexity index is 853. The zero-order valence-corrected chi connectivity index (χ0v) is 15.1. The number of rotatable bonds is 8. The number of hydrogen-bond donors (Lipinski definition) is 1. The smallest absolute Gasteiger partial charge is 0.241 e. The number of carbonyl (C=O) groups is 1. The van der Waals surface area contributed by atoms with Crippen LogP contribution in [0.3, 0.4) is 0 Å². The van der Waals surface area contributed by atoms with Crippen molar-refractivity contribution in [2.24, 2.45) is 0 Å². The Morgan fingerprint density at radius 1 is 0.852 bits per heavy atom. The minimum absolute atomic E-state index is 0.0152. The van der Waals surface area contributed by atoms with Crippen LogP contribution in [-0.4, -0.2) is 19.0 Å². The van der Waals surface area contributed by atoms with Crippen molar-refractivity contribution in [3.05, 3.63) is 102 Å². The first kappa shape index (κ1) is 18.8. The van der Waals surface area contributed by atoms with Gasteiger partial charge < -0.3 is 10.2 Å². The summed E-state index contributed by atoms with van der Waals surface area (Å²) in [6.07, 6.45) is 0.546. The summed E-state index contributed by atoms with van der Waals surface area (Å²) in [6, 6.07) is 26.3. The van der Waals surface area contributed by atoms with Crippen LogP contribution in [0.15, 0.2) is 84.9 Å². The van der Waals surface area contributed by atoms with Gasteiger partial charge in [0.15, 0.2) is 0 Å². The summed E-state index contributed by atoms with van der Waals surface area (Å²) >= 11 is 0. The van der Waals surface area contributed by atoms with Crippen molar-refractivity contribution in [2.45, 2.75) is 13.0 Å². The lowest BCUT2D eigenvalue weighted by atomic mass is 10.1. The van der Waals surface area contributed by atoms with Gasteiger partial charge in [-0.15, -0.1) is 0 Å². The van der Waals surface area contributed by atoms with Crippen LogP contribution < -0.4 is 10.2 Å². The monoisotopic (exact) mass is 362 g/mol. The number of hydrogen-bond acceptors (Lipinski definition) is 2. The molecule has 0 aliphatic rings. The predicted octanol–water partition coefficient (Wildman–Crippen LogP) is 4.19. The Morgan fingerprint density at radius 2 is 1.48 bits per heavy atom. The fraction of sp³-hybridized carbons (Fsp3) is 0.174. The molecule has 27 heavy (non-hydrogen) atoms. The molecule has 4 heteroatoms. The highest BCUT2D eigenvalue weighted by Crippen LogP contribution is 2.17. The molecule has 3 aromatic carbocycles. The number of benzene rings is 3. The SMILES string of the molecule is O=C(CNCCc1ccccc1F)N(Cc1ccccc1)c1ccccc1. The molecule has 0 bridgehead atoms. The van der Waals surface area contributed by atoms with E-state index in [1.54, 1.807) is 17.0 Å². The van der Waals surface area contributed by atoms with Gasteiger partial charge in [-0.3, -0.25) is 4.79 Å². The molecule has 0 saturated heterocycles. The third-order valence-electron chi connectivity index (χ3n) is 4.36. The molecule has 0 radical (unpaired) electrons. The van der Waals surface area contributed by atoms with E-state index in [-0.39, 0.29) is 18.3 Å². The summed E-state index contributed by atoms with van der Waals surface area (Å²) in [5.74, 6) is -0.223. The van der Waals surface area contributed by atoms with Gasteiger partial charge in [0.2, 0.25) is 5.91 Å². The zero-order valence-electron chi connectivity index (χ0n) is 15.1. The van der Waals surface area contributed by atoms with Gasteiger partial charge in [-0.1, -0.05) is 66.7 Å². The lowest BCUT2D eigenvalue weighted by molar-refractivity contribution is -0.117. The van der Waals surface area contributed by atoms with Gasteiger partial charge in [-0.2, -0.15) is 0 Å². The fourth-order valence-electron chi connectivity index (χ4n) is 2.91. The molecule has 0 aliphatic heterocycles. The third kappa shape index (κ3) is 5.50. The summed E-state index contributed by atoms with van der Waals surface area (Å²) in [6.45, 7) is 1.26. The number of anilines is 1. The molecule has 0 saturated carbocycles. The van der Waals surface area contributed by atoms with Crippen LogP contribution in [0.5, 0.6) is 0 Å². The number of nitrogens with zero attached hydrogens (tertiary/aromatic N) is 1. The maximum Gasteiger partial charge on any atom is 0.241 e. The lowest BCUT2D eigenvalue weighted by Gasteiger charge is -2.23. The molecule has 3 aromatic rings. The van der Waals surface area contributed by atoms with Crippen LogP contribution in [0.4, 0.5) is 10.1 Å². The van der Waals surface area contributed by atoms with Gasteiger partial charge in [0.25, 0.3) is 0 Å². The van der Waals surface area contributed by atoms with E-state index < -0.39 is 0 Å². The van der Waals surface area contributed by atoms with Crippen molar-refractivity contribution in [3.63, 3.8) is 0 Å². The van der Waals surface area contributed by atoms with Crippen molar-refractivity contribution in [2.75, 3.05) is 18.0 Å². The van der Waals surface area contributed by atoms with Gasteiger partial charge in [0, 0.05) is 5.69 Å². The molecule has 0 unspecified atom stereocenters. The molecule has 1 N–H and O–H groups in total. The van der Waals surface area contributed by atoms with E-state index in [4.69, 9.17) is 0 Å². The van der Waals surface area contributed by atoms with Crippen LogP contribution in [-0.2, 0) is 17.8 Å². The second-order valence-electron chi connectivity index (χ2n) is 6.32. The van der Waals surface area contributed by atoms with Crippen molar-refractivity contribution in [3.8, 4) is 0 Å². The van der Waals surface area contributed by atoms with E-state index in [2.05, 4.69) is 5.32 Å². The normalized spacial score (nSPS) is 10.6. The van der Waals surface area contributed by atoms with Gasteiger partial charge in [0.05, 0.1) is 13.1 Å². The average Bonchev–Trinajstić information content (AvgIpc) is 2.72. The average molecular weight is 362 g/mol. The van der Waals surface area contributed by atoms with Gasteiger partial charge in [-0.25, -0.2) is 4.39 Å². The van der Waals surface area contributed by atoms with E-state index in [0.29, 0.717) is 25.1 Å².